The minimum absolute atomic E-state index is 0.0285. The maximum atomic E-state index is 13.1. The van der Waals surface area contributed by atoms with E-state index in [9.17, 15) is 50.8 Å². The van der Waals surface area contributed by atoms with Gasteiger partial charge >= 0.3 is 5.97 Å². The number of fused-ring (bicyclic) bond motifs is 7. The minimum Gasteiger partial charge on any atom is -0.481 e. The maximum Gasteiger partial charge on any atom is 0.312 e. The summed E-state index contributed by atoms with van der Waals surface area (Å²) >= 11 is 0. The van der Waals surface area contributed by atoms with E-state index in [1.165, 1.54) is 0 Å². The third-order valence-corrected chi connectivity index (χ3v) is 17.9. The normalized spacial score (nSPS) is 55.2. The van der Waals surface area contributed by atoms with Crippen molar-refractivity contribution in [3.8, 4) is 0 Å². The van der Waals surface area contributed by atoms with Gasteiger partial charge in [0.2, 0.25) is 0 Å². The minimum atomic E-state index is -1.75. The summed E-state index contributed by atoms with van der Waals surface area (Å²) in [6.07, 6.45) is -8.27. The van der Waals surface area contributed by atoms with Gasteiger partial charge in [-0.2, -0.15) is 0 Å². The second kappa shape index (κ2) is 14.6. The Bertz CT molecular complexity index is 1460. The van der Waals surface area contributed by atoms with Crippen LogP contribution in [0, 0.1) is 56.2 Å². The van der Waals surface area contributed by atoms with E-state index in [0.717, 1.165) is 44.9 Å². The molecule has 20 atom stereocenters. The lowest BCUT2D eigenvalue weighted by molar-refractivity contribution is -0.369. The molecule has 0 radical (unpaired) electrons. The van der Waals surface area contributed by atoms with Crippen molar-refractivity contribution in [2.75, 3.05) is 13.2 Å². The molecule has 7 fully saturated rings. The fraction of sp³-hybridized carbons (Fsp3) is 0.976. The van der Waals surface area contributed by atoms with Gasteiger partial charge in [-0.15, -0.1) is 0 Å². The molecular formula is C42H70O14. The van der Waals surface area contributed by atoms with Crippen molar-refractivity contribution in [2.45, 2.75) is 186 Å². The predicted octanol–water partition coefficient (Wildman–Crippen LogP) is 1.93. The SMILES string of the molecule is CC1(C)C[C@@H](O)[C@]2(C(=O)O)CC[C@]3(C)C(CC[C@@H]4[C@@]5(C)CC[C@@H](O[C@@H]6O[C@H](CO)[C@@H](O[C@@H]7O[C@H](CO)[C@@H](O)[C@H](O)[C@H]7O)[C@H](O)[C@H]6O)C(C)(C)[C@@H]5CC[C@]43C)[C@@H]2C1. The van der Waals surface area contributed by atoms with Gasteiger partial charge < -0.3 is 64.9 Å². The average Bonchev–Trinajstić information content (AvgIpc) is 3.12. The molecule has 2 heterocycles. The number of hydrogen-bond acceptors (Lipinski definition) is 13. The summed E-state index contributed by atoms with van der Waals surface area (Å²) < 4.78 is 23.9. The van der Waals surface area contributed by atoms with E-state index in [1.807, 2.05) is 0 Å². The molecule has 14 heteroatoms. The number of ether oxygens (including phenoxy) is 4. The average molecular weight is 799 g/mol. The Morgan fingerprint density at radius 1 is 0.625 bits per heavy atom. The van der Waals surface area contributed by atoms with Crippen LogP contribution in [0.1, 0.15) is 113 Å². The molecule has 1 unspecified atom stereocenters. The van der Waals surface area contributed by atoms with Crippen molar-refractivity contribution in [2.24, 2.45) is 56.2 Å². The van der Waals surface area contributed by atoms with Crippen molar-refractivity contribution >= 4 is 5.97 Å². The molecule has 9 N–H and O–H groups in total. The summed E-state index contributed by atoms with van der Waals surface area (Å²) in [6, 6.07) is 0. The van der Waals surface area contributed by atoms with Crippen LogP contribution in [0.25, 0.3) is 0 Å². The summed E-state index contributed by atoms with van der Waals surface area (Å²) in [5.74, 6) is -0.0573. The summed E-state index contributed by atoms with van der Waals surface area (Å²) in [5.41, 5.74) is -1.75. The summed E-state index contributed by atoms with van der Waals surface area (Å²) in [4.78, 5) is 13.1. The lowest BCUT2D eigenvalue weighted by atomic mass is 9.31. The maximum absolute atomic E-state index is 13.1. The molecule has 0 aromatic carbocycles. The first-order valence-electron chi connectivity index (χ1n) is 21.2. The van der Waals surface area contributed by atoms with Gasteiger partial charge in [-0.05, 0) is 115 Å². The number of aliphatic hydroxyl groups excluding tert-OH is 8. The largest absolute Gasteiger partial charge is 0.481 e. The number of hydrogen-bond donors (Lipinski definition) is 9. The van der Waals surface area contributed by atoms with Crippen LogP contribution in [0.2, 0.25) is 0 Å². The molecule has 7 rings (SSSR count). The van der Waals surface area contributed by atoms with Crippen molar-refractivity contribution < 1.29 is 69.7 Å². The highest BCUT2D eigenvalue weighted by Gasteiger charge is 2.72. The van der Waals surface area contributed by atoms with E-state index in [1.54, 1.807) is 0 Å². The van der Waals surface area contributed by atoms with E-state index in [2.05, 4.69) is 48.5 Å². The van der Waals surface area contributed by atoms with E-state index in [4.69, 9.17) is 18.9 Å². The van der Waals surface area contributed by atoms with Crippen LogP contribution in [0.5, 0.6) is 0 Å². The van der Waals surface area contributed by atoms with Crippen LogP contribution >= 0.6 is 0 Å². The fourth-order valence-electron chi connectivity index (χ4n) is 14.7. The molecule has 56 heavy (non-hydrogen) atoms. The van der Waals surface area contributed by atoms with Gasteiger partial charge in [0.15, 0.2) is 12.6 Å². The first kappa shape index (κ1) is 43.1. The van der Waals surface area contributed by atoms with Crippen LogP contribution < -0.4 is 0 Å². The number of carbonyl (C=O) groups is 1. The Labute approximate surface area is 330 Å². The summed E-state index contributed by atoms with van der Waals surface area (Å²) in [6.45, 7) is 14.8. The smallest absolute Gasteiger partial charge is 0.312 e. The Morgan fingerprint density at radius 2 is 1.25 bits per heavy atom. The van der Waals surface area contributed by atoms with Crippen LogP contribution in [0.4, 0.5) is 0 Å². The monoisotopic (exact) mass is 798 g/mol. The van der Waals surface area contributed by atoms with Gasteiger partial charge in [0.05, 0.1) is 30.8 Å². The predicted molar refractivity (Wildman–Crippen MR) is 199 cm³/mol. The zero-order valence-electron chi connectivity index (χ0n) is 34.3. The first-order chi connectivity index (χ1) is 26.0. The third-order valence-electron chi connectivity index (χ3n) is 17.9. The highest BCUT2D eigenvalue weighted by molar-refractivity contribution is 5.76. The van der Waals surface area contributed by atoms with E-state index in [0.29, 0.717) is 25.2 Å². The molecule has 0 amide bonds. The standard InChI is InChI=1S/C42H70O14/c1-37(2)16-21-20-8-9-25-39(5)12-11-27(38(3,4)24(39)10-13-41(25,7)40(20,6)14-15-42(21,36(51)52)26(45)17-37)55-34-32(50)30(48)33(23(19-44)54-34)56-35-31(49)29(47)28(46)22(18-43)53-35/h20-35,43-50H,8-19H2,1-7H3,(H,51,52)/t20?,21-,22+,23+,24-,25+,26+,27+,28+,29-,30+,31+,32+,33+,34-,35-,39-,40+,41+,42-/m0/s1. The topological polar surface area (TPSA) is 236 Å². The second-order valence-electron chi connectivity index (χ2n) is 21.2. The molecule has 2 saturated heterocycles. The lowest BCUT2D eigenvalue weighted by Gasteiger charge is -2.73. The molecule has 2 aliphatic heterocycles. The number of aliphatic hydroxyl groups is 8. The fourth-order valence-corrected chi connectivity index (χ4v) is 14.7. The Balaban J connectivity index is 1.07. The molecular weight excluding hydrogens is 728 g/mol. The third kappa shape index (κ3) is 6.20. The number of aliphatic carboxylic acids is 1. The van der Waals surface area contributed by atoms with Crippen molar-refractivity contribution in [3.63, 3.8) is 0 Å². The Hall–Kier alpha value is -1.01. The van der Waals surface area contributed by atoms with Gasteiger partial charge in [0, 0.05) is 0 Å². The van der Waals surface area contributed by atoms with Crippen molar-refractivity contribution in [1.29, 1.82) is 0 Å². The quantitative estimate of drug-likeness (QED) is 0.168. The first-order valence-corrected chi connectivity index (χ1v) is 21.2. The highest BCUT2D eigenvalue weighted by Crippen LogP contribution is 2.77. The van der Waals surface area contributed by atoms with E-state index in [-0.39, 0.29) is 50.9 Å². The van der Waals surface area contributed by atoms with Crippen LogP contribution in [-0.2, 0) is 23.7 Å². The van der Waals surface area contributed by atoms with Gasteiger partial charge in [0.25, 0.3) is 0 Å². The molecule has 0 aromatic rings. The summed E-state index contributed by atoms with van der Waals surface area (Å²) in [7, 11) is 0. The number of carboxylic acid groups (broad SMARTS) is 1. The van der Waals surface area contributed by atoms with Gasteiger partial charge in [0.1, 0.15) is 48.8 Å². The van der Waals surface area contributed by atoms with Gasteiger partial charge in [-0.3, -0.25) is 4.79 Å². The number of carboxylic acids is 1. The zero-order chi connectivity index (χ0) is 41.1. The molecule has 0 aromatic heterocycles. The molecule has 7 aliphatic rings. The Kier molecular flexibility index (Phi) is 11.2. The van der Waals surface area contributed by atoms with Crippen LogP contribution in [0.15, 0.2) is 0 Å². The molecule has 322 valence electrons. The van der Waals surface area contributed by atoms with E-state index < -0.39 is 92.1 Å². The van der Waals surface area contributed by atoms with Crippen molar-refractivity contribution in [3.05, 3.63) is 0 Å². The lowest BCUT2D eigenvalue weighted by Crippen LogP contribution is -2.69. The van der Waals surface area contributed by atoms with E-state index >= 15 is 0 Å². The van der Waals surface area contributed by atoms with Crippen molar-refractivity contribution in [1.82, 2.24) is 0 Å². The molecule has 14 nitrogen and oxygen atoms in total. The number of rotatable bonds is 7. The van der Waals surface area contributed by atoms with Crippen LogP contribution in [-0.4, -0.2) is 139 Å². The molecule has 5 aliphatic carbocycles. The van der Waals surface area contributed by atoms with Gasteiger partial charge in [-0.1, -0.05) is 48.5 Å². The highest BCUT2D eigenvalue weighted by atomic mass is 16.7. The second-order valence-corrected chi connectivity index (χ2v) is 21.2. The molecule has 5 saturated carbocycles. The zero-order valence-corrected chi connectivity index (χ0v) is 34.3. The van der Waals surface area contributed by atoms with Gasteiger partial charge in [-0.25, -0.2) is 0 Å². The molecule has 0 spiro atoms. The summed E-state index contributed by atoms with van der Waals surface area (Å²) in [5, 5.41) is 95.8. The Morgan fingerprint density at radius 3 is 1.89 bits per heavy atom. The molecule has 0 bridgehead atoms. The van der Waals surface area contributed by atoms with Crippen LogP contribution in [0.3, 0.4) is 0 Å².